The fraction of sp³-hybridized carbons (Fsp3) is 0.917. The number of carbonyl (C=O) groups is 1. The van der Waals surface area contributed by atoms with E-state index in [4.69, 9.17) is 10.5 Å². The zero-order valence-electron chi connectivity index (χ0n) is 10.1. The third-order valence-electron chi connectivity index (χ3n) is 4.18. The van der Waals surface area contributed by atoms with Crippen molar-refractivity contribution in [2.45, 2.75) is 25.7 Å². The molecule has 1 saturated carbocycles. The van der Waals surface area contributed by atoms with Gasteiger partial charge in [-0.05, 0) is 18.8 Å². The van der Waals surface area contributed by atoms with Crippen molar-refractivity contribution in [3.63, 3.8) is 0 Å². The molecule has 1 aliphatic carbocycles. The van der Waals surface area contributed by atoms with E-state index >= 15 is 0 Å². The summed E-state index contributed by atoms with van der Waals surface area (Å²) in [7, 11) is 1.76. The Bertz CT molecular complexity index is 270. The largest absolute Gasteiger partial charge is 0.384 e. The molecule has 16 heavy (non-hydrogen) atoms. The van der Waals surface area contributed by atoms with Crippen LogP contribution in [-0.2, 0) is 9.53 Å². The summed E-state index contributed by atoms with van der Waals surface area (Å²) in [6.07, 6.45) is 4.22. The highest BCUT2D eigenvalue weighted by Crippen LogP contribution is 2.48. The molecule has 4 nitrogen and oxygen atoms in total. The predicted molar refractivity (Wildman–Crippen MR) is 61.9 cm³/mol. The van der Waals surface area contributed by atoms with E-state index in [9.17, 15) is 4.79 Å². The first kappa shape index (κ1) is 11.9. The summed E-state index contributed by atoms with van der Waals surface area (Å²) in [6, 6.07) is 0. The van der Waals surface area contributed by atoms with Gasteiger partial charge in [-0.15, -0.1) is 0 Å². The van der Waals surface area contributed by atoms with Crippen LogP contribution < -0.4 is 5.73 Å². The number of likely N-dealkylation sites (tertiary alicyclic amines) is 1. The monoisotopic (exact) mass is 226 g/mol. The van der Waals surface area contributed by atoms with Gasteiger partial charge in [0.1, 0.15) is 0 Å². The van der Waals surface area contributed by atoms with Gasteiger partial charge in [0.25, 0.3) is 0 Å². The number of hydrogen-bond acceptors (Lipinski definition) is 3. The van der Waals surface area contributed by atoms with Crippen LogP contribution in [0.2, 0.25) is 0 Å². The van der Waals surface area contributed by atoms with Crippen LogP contribution >= 0.6 is 0 Å². The molecular formula is C12H22N2O2. The summed E-state index contributed by atoms with van der Waals surface area (Å²) in [6.45, 7) is 3.05. The molecular weight excluding hydrogens is 204 g/mol. The fourth-order valence-corrected chi connectivity index (χ4v) is 3.41. The molecule has 0 aromatic rings. The molecule has 4 heteroatoms. The van der Waals surface area contributed by atoms with Crippen LogP contribution in [-0.4, -0.2) is 44.2 Å². The first-order valence-corrected chi connectivity index (χ1v) is 6.18. The van der Waals surface area contributed by atoms with Gasteiger partial charge >= 0.3 is 0 Å². The Balaban J connectivity index is 2.01. The second kappa shape index (κ2) is 4.72. The van der Waals surface area contributed by atoms with Crippen molar-refractivity contribution in [2.24, 2.45) is 17.1 Å². The SMILES string of the molecule is COC[C@@]12CCC[C@H]1CN(C(=O)CCN)C2. The molecule has 2 N–H and O–H groups in total. The molecule has 1 aliphatic heterocycles. The molecule has 0 bridgehead atoms. The van der Waals surface area contributed by atoms with Crippen molar-refractivity contribution in [3.8, 4) is 0 Å². The second-order valence-corrected chi connectivity index (χ2v) is 5.20. The van der Waals surface area contributed by atoms with Gasteiger partial charge < -0.3 is 15.4 Å². The van der Waals surface area contributed by atoms with Crippen LogP contribution in [0, 0.1) is 11.3 Å². The number of fused-ring (bicyclic) bond motifs is 1. The summed E-state index contributed by atoms with van der Waals surface area (Å²) in [5, 5.41) is 0. The Labute approximate surface area is 97.1 Å². The molecule has 0 radical (unpaired) electrons. The molecule has 2 rings (SSSR count). The zero-order chi connectivity index (χ0) is 11.6. The van der Waals surface area contributed by atoms with Gasteiger partial charge in [0, 0.05) is 38.6 Å². The molecule has 92 valence electrons. The summed E-state index contributed by atoms with van der Waals surface area (Å²) in [5.41, 5.74) is 5.68. The van der Waals surface area contributed by atoms with Gasteiger partial charge in [-0.25, -0.2) is 0 Å². The first-order chi connectivity index (χ1) is 7.72. The van der Waals surface area contributed by atoms with E-state index < -0.39 is 0 Å². The summed E-state index contributed by atoms with van der Waals surface area (Å²) >= 11 is 0. The number of nitrogens with zero attached hydrogens (tertiary/aromatic N) is 1. The molecule has 0 unspecified atom stereocenters. The van der Waals surface area contributed by atoms with Crippen LogP contribution in [0.25, 0.3) is 0 Å². The van der Waals surface area contributed by atoms with Crippen molar-refractivity contribution in [1.82, 2.24) is 4.90 Å². The minimum Gasteiger partial charge on any atom is -0.384 e. The summed E-state index contributed by atoms with van der Waals surface area (Å²) < 4.78 is 5.36. The fourth-order valence-electron chi connectivity index (χ4n) is 3.41. The molecule has 1 saturated heterocycles. The van der Waals surface area contributed by atoms with Crippen molar-refractivity contribution in [1.29, 1.82) is 0 Å². The van der Waals surface area contributed by atoms with Crippen LogP contribution in [0.5, 0.6) is 0 Å². The molecule has 2 fully saturated rings. The predicted octanol–water partition coefficient (Wildman–Crippen LogP) is 0.610. The van der Waals surface area contributed by atoms with Crippen molar-refractivity contribution in [2.75, 3.05) is 33.4 Å². The summed E-state index contributed by atoms with van der Waals surface area (Å²) in [4.78, 5) is 13.8. The molecule has 1 heterocycles. The number of hydrogen-bond donors (Lipinski definition) is 1. The molecule has 2 atom stereocenters. The number of nitrogens with two attached hydrogens (primary N) is 1. The van der Waals surface area contributed by atoms with Crippen molar-refractivity contribution >= 4 is 5.91 Å². The lowest BCUT2D eigenvalue weighted by Gasteiger charge is -2.27. The van der Waals surface area contributed by atoms with Gasteiger partial charge in [0.15, 0.2) is 0 Å². The standard InChI is InChI=1S/C12H22N2O2/c1-16-9-12-5-2-3-10(12)7-14(8-12)11(15)4-6-13/h10H,2-9,13H2,1H3/t10-,12-/m0/s1. The third kappa shape index (κ3) is 1.96. The number of amides is 1. The average Bonchev–Trinajstić information content (AvgIpc) is 2.74. The lowest BCUT2D eigenvalue weighted by atomic mass is 9.82. The highest BCUT2D eigenvalue weighted by molar-refractivity contribution is 5.76. The van der Waals surface area contributed by atoms with Gasteiger partial charge in [0.2, 0.25) is 5.91 Å². The normalized spacial score (nSPS) is 33.1. The maximum absolute atomic E-state index is 11.8. The molecule has 0 aromatic carbocycles. The van der Waals surface area contributed by atoms with Crippen molar-refractivity contribution < 1.29 is 9.53 Å². The first-order valence-electron chi connectivity index (χ1n) is 6.18. The minimum absolute atomic E-state index is 0.215. The lowest BCUT2D eigenvalue weighted by Crippen LogP contribution is -2.35. The number of rotatable bonds is 4. The van der Waals surface area contributed by atoms with E-state index in [2.05, 4.69) is 0 Å². The van der Waals surface area contributed by atoms with E-state index in [0.29, 0.717) is 18.9 Å². The topological polar surface area (TPSA) is 55.6 Å². The third-order valence-corrected chi connectivity index (χ3v) is 4.18. The van der Waals surface area contributed by atoms with E-state index in [1.807, 2.05) is 4.90 Å². The van der Waals surface area contributed by atoms with Gasteiger partial charge in [0.05, 0.1) is 6.61 Å². The van der Waals surface area contributed by atoms with E-state index in [-0.39, 0.29) is 11.3 Å². The zero-order valence-corrected chi connectivity index (χ0v) is 10.1. The highest BCUT2D eigenvalue weighted by atomic mass is 16.5. The second-order valence-electron chi connectivity index (χ2n) is 5.20. The van der Waals surface area contributed by atoms with Crippen LogP contribution in [0.4, 0.5) is 0 Å². The highest BCUT2D eigenvalue weighted by Gasteiger charge is 2.50. The lowest BCUT2D eigenvalue weighted by molar-refractivity contribution is -0.130. The van der Waals surface area contributed by atoms with E-state index in [1.165, 1.54) is 19.3 Å². The number of methoxy groups -OCH3 is 1. The Hall–Kier alpha value is -0.610. The van der Waals surface area contributed by atoms with E-state index in [1.54, 1.807) is 7.11 Å². The Morgan fingerprint density at radius 1 is 1.62 bits per heavy atom. The Morgan fingerprint density at radius 3 is 3.12 bits per heavy atom. The molecule has 0 spiro atoms. The Kier molecular flexibility index (Phi) is 3.50. The smallest absolute Gasteiger partial charge is 0.223 e. The maximum atomic E-state index is 11.8. The van der Waals surface area contributed by atoms with Gasteiger partial charge in [-0.2, -0.15) is 0 Å². The van der Waals surface area contributed by atoms with Crippen LogP contribution in [0.15, 0.2) is 0 Å². The molecule has 2 aliphatic rings. The van der Waals surface area contributed by atoms with Crippen LogP contribution in [0.3, 0.4) is 0 Å². The molecule has 0 aromatic heterocycles. The van der Waals surface area contributed by atoms with Gasteiger partial charge in [-0.3, -0.25) is 4.79 Å². The van der Waals surface area contributed by atoms with Crippen LogP contribution in [0.1, 0.15) is 25.7 Å². The van der Waals surface area contributed by atoms with Crippen molar-refractivity contribution in [3.05, 3.63) is 0 Å². The summed E-state index contributed by atoms with van der Waals surface area (Å²) in [5.74, 6) is 0.863. The minimum atomic E-state index is 0.215. The Morgan fingerprint density at radius 2 is 2.44 bits per heavy atom. The van der Waals surface area contributed by atoms with Gasteiger partial charge in [-0.1, -0.05) is 6.42 Å². The number of carbonyl (C=O) groups excluding carboxylic acids is 1. The molecule has 1 amide bonds. The average molecular weight is 226 g/mol. The maximum Gasteiger partial charge on any atom is 0.223 e. The van der Waals surface area contributed by atoms with E-state index in [0.717, 1.165) is 19.7 Å². The number of ether oxygens (including phenoxy) is 1. The quantitative estimate of drug-likeness (QED) is 0.764.